The molecule has 0 aliphatic rings. The normalized spacial score (nSPS) is 12.5. The Labute approximate surface area is 72.8 Å². The summed E-state index contributed by atoms with van der Waals surface area (Å²) in [4.78, 5) is 0. The van der Waals surface area contributed by atoms with Gasteiger partial charge in [0.05, 0.1) is 12.7 Å². The Kier molecular flexibility index (Phi) is 3.61. The van der Waals surface area contributed by atoms with Crippen molar-refractivity contribution < 1.29 is 9.84 Å². The van der Waals surface area contributed by atoms with Crippen molar-refractivity contribution in [3.8, 4) is 5.75 Å². The number of para-hydroxylation sites is 1. The van der Waals surface area contributed by atoms with Crippen LogP contribution in [0.1, 0.15) is 13.3 Å². The van der Waals surface area contributed by atoms with Crippen LogP contribution in [0.25, 0.3) is 0 Å². The van der Waals surface area contributed by atoms with Crippen LogP contribution >= 0.6 is 0 Å². The molecule has 1 rings (SSSR count). The highest BCUT2D eigenvalue weighted by molar-refractivity contribution is 5.21. The van der Waals surface area contributed by atoms with Crippen LogP contribution in [0, 0.1) is 0 Å². The molecule has 0 bridgehead atoms. The molecule has 65 valence electrons. The smallest absolute Gasteiger partial charge is 0.119 e. The number of hydrogen-bond donors (Lipinski definition) is 0. The molecule has 1 aromatic carbocycles. The number of hydrogen-bond acceptors (Lipinski definition) is 1. The zero-order chi connectivity index (χ0) is 8.81. The van der Waals surface area contributed by atoms with E-state index in [1.807, 2.05) is 37.3 Å². The van der Waals surface area contributed by atoms with Crippen LogP contribution in [0.2, 0.25) is 0 Å². The standard InChI is InChI=1S/C10H13O2/c1-9(7-8-11)12-10-5-3-2-4-6-10/h2-6,9H,7-8H2,1H3. The summed E-state index contributed by atoms with van der Waals surface area (Å²) in [5, 5.41) is 10.3. The summed E-state index contributed by atoms with van der Waals surface area (Å²) in [6, 6.07) is 9.55. The third kappa shape index (κ3) is 2.93. The van der Waals surface area contributed by atoms with Crippen molar-refractivity contribution in [2.24, 2.45) is 0 Å². The van der Waals surface area contributed by atoms with Crippen LogP contribution in [0.4, 0.5) is 0 Å². The first-order valence-corrected chi connectivity index (χ1v) is 4.12. The van der Waals surface area contributed by atoms with E-state index in [4.69, 9.17) is 4.74 Å². The zero-order valence-electron chi connectivity index (χ0n) is 7.19. The summed E-state index contributed by atoms with van der Waals surface area (Å²) in [5.74, 6) is 0.832. The fourth-order valence-corrected chi connectivity index (χ4v) is 0.956. The fourth-order valence-electron chi connectivity index (χ4n) is 0.956. The average Bonchev–Trinajstić information content (AvgIpc) is 2.06. The number of rotatable bonds is 4. The monoisotopic (exact) mass is 165 g/mol. The van der Waals surface area contributed by atoms with E-state index in [1.54, 1.807) is 0 Å². The molecule has 1 aromatic rings. The van der Waals surface area contributed by atoms with Crippen molar-refractivity contribution >= 4 is 0 Å². The zero-order valence-corrected chi connectivity index (χ0v) is 7.19. The van der Waals surface area contributed by atoms with Crippen LogP contribution in [0.3, 0.4) is 0 Å². The van der Waals surface area contributed by atoms with Gasteiger partial charge in [0, 0.05) is 6.42 Å². The molecule has 0 spiro atoms. The van der Waals surface area contributed by atoms with Crippen molar-refractivity contribution in [2.45, 2.75) is 19.4 Å². The van der Waals surface area contributed by atoms with Gasteiger partial charge in [-0.25, -0.2) is 5.11 Å². The van der Waals surface area contributed by atoms with Crippen molar-refractivity contribution in [1.82, 2.24) is 0 Å². The van der Waals surface area contributed by atoms with E-state index in [-0.39, 0.29) is 12.7 Å². The van der Waals surface area contributed by atoms with E-state index in [0.717, 1.165) is 5.75 Å². The molecular formula is C10H13O2. The van der Waals surface area contributed by atoms with E-state index < -0.39 is 0 Å². The van der Waals surface area contributed by atoms with Crippen LogP contribution in [0.15, 0.2) is 30.3 Å². The minimum Gasteiger partial charge on any atom is -0.491 e. The lowest BCUT2D eigenvalue weighted by Crippen LogP contribution is -2.12. The fraction of sp³-hybridized carbons (Fsp3) is 0.400. The molecular weight excluding hydrogens is 152 g/mol. The maximum Gasteiger partial charge on any atom is 0.119 e. The van der Waals surface area contributed by atoms with Gasteiger partial charge in [-0.1, -0.05) is 18.2 Å². The maximum atomic E-state index is 10.3. The highest BCUT2D eigenvalue weighted by Gasteiger charge is 2.01. The molecule has 0 saturated carbocycles. The minimum atomic E-state index is -0.0754. The van der Waals surface area contributed by atoms with Crippen LogP contribution in [-0.4, -0.2) is 12.7 Å². The summed E-state index contributed by atoms with van der Waals surface area (Å²) >= 11 is 0. The first kappa shape index (κ1) is 9.07. The molecule has 0 N–H and O–H groups in total. The molecule has 0 aliphatic heterocycles. The van der Waals surface area contributed by atoms with Gasteiger partial charge in [0.25, 0.3) is 0 Å². The second kappa shape index (κ2) is 4.78. The number of ether oxygens (including phenoxy) is 1. The third-order valence-electron chi connectivity index (χ3n) is 1.60. The van der Waals surface area contributed by atoms with Crippen molar-refractivity contribution in [3.05, 3.63) is 30.3 Å². The molecule has 0 amide bonds. The van der Waals surface area contributed by atoms with Crippen LogP contribution < -0.4 is 4.74 Å². The first-order valence-electron chi connectivity index (χ1n) is 4.12. The SMILES string of the molecule is CC(CC[O])Oc1ccccc1. The Balaban J connectivity index is 2.41. The molecule has 2 heteroatoms. The molecule has 0 saturated heterocycles. The lowest BCUT2D eigenvalue weighted by molar-refractivity contribution is 0.129. The van der Waals surface area contributed by atoms with Gasteiger partial charge in [-0.05, 0) is 19.1 Å². The summed E-state index contributed by atoms with van der Waals surface area (Å²) in [6.07, 6.45) is 0.583. The van der Waals surface area contributed by atoms with Gasteiger partial charge in [-0.2, -0.15) is 0 Å². The quantitative estimate of drug-likeness (QED) is 0.672. The van der Waals surface area contributed by atoms with Crippen LogP contribution in [0.5, 0.6) is 5.75 Å². The molecule has 1 atom stereocenters. The summed E-state index contributed by atoms with van der Waals surface area (Å²) in [5.41, 5.74) is 0. The molecule has 12 heavy (non-hydrogen) atoms. The van der Waals surface area contributed by atoms with Gasteiger partial charge in [0.15, 0.2) is 0 Å². The molecule has 1 radical (unpaired) electrons. The molecule has 0 fully saturated rings. The van der Waals surface area contributed by atoms with Crippen molar-refractivity contribution in [2.75, 3.05) is 6.61 Å². The van der Waals surface area contributed by atoms with Gasteiger partial charge >= 0.3 is 0 Å². The van der Waals surface area contributed by atoms with E-state index >= 15 is 0 Å². The maximum absolute atomic E-state index is 10.3. The third-order valence-corrected chi connectivity index (χ3v) is 1.60. The Bertz CT molecular complexity index is 208. The predicted octanol–water partition coefficient (Wildman–Crippen LogP) is 2.27. The Morgan fingerprint density at radius 2 is 2.00 bits per heavy atom. The first-order chi connectivity index (χ1) is 5.83. The van der Waals surface area contributed by atoms with Gasteiger partial charge in [-0.15, -0.1) is 0 Å². The largest absolute Gasteiger partial charge is 0.491 e. The highest BCUT2D eigenvalue weighted by atomic mass is 16.5. The Morgan fingerprint density at radius 3 is 2.58 bits per heavy atom. The average molecular weight is 165 g/mol. The van der Waals surface area contributed by atoms with E-state index in [1.165, 1.54) is 0 Å². The number of benzene rings is 1. The molecule has 0 heterocycles. The van der Waals surface area contributed by atoms with E-state index in [0.29, 0.717) is 6.42 Å². The molecule has 0 aromatic heterocycles. The Hall–Kier alpha value is -1.02. The lowest BCUT2D eigenvalue weighted by Gasteiger charge is -2.12. The van der Waals surface area contributed by atoms with E-state index in [2.05, 4.69) is 0 Å². The van der Waals surface area contributed by atoms with Gasteiger partial charge < -0.3 is 4.74 Å². The lowest BCUT2D eigenvalue weighted by atomic mass is 10.3. The summed E-state index contributed by atoms with van der Waals surface area (Å²) in [7, 11) is 0. The van der Waals surface area contributed by atoms with Crippen molar-refractivity contribution in [3.63, 3.8) is 0 Å². The van der Waals surface area contributed by atoms with Gasteiger partial charge in [-0.3, -0.25) is 0 Å². The highest BCUT2D eigenvalue weighted by Crippen LogP contribution is 2.11. The van der Waals surface area contributed by atoms with E-state index in [9.17, 15) is 5.11 Å². The molecule has 0 aliphatic carbocycles. The van der Waals surface area contributed by atoms with Crippen molar-refractivity contribution in [1.29, 1.82) is 0 Å². The topological polar surface area (TPSA) is 29.1 Å². The second-order valence-corrected chi connectivity index (χ2v) is 2.73. The van der Waals surface area contributed by atoms with Gasteiger partial charge in [0.1, 0.15) is 5.75 Å². The minimum absolute atomic E-state index is 0.0184. The van der Waals surface area contributed by atoms with Gasteiger partial charge in [0.2, 0.25) is 0 Å². The van der Waals surface area contributed by atoms with Crippen LogP contribution in [-0.2, 0) is 5.11 Å². The molecule has 1 unspecified atom stereocenters. The summed E-state index contributed by atoms with van der Waals surface area (Å²) in [6.45, 7) is 1.83. The molecule has 2 nitrogen and oxygen atoms in total. The Morgan fingerprint density at radius 1 is 1.33 bits per heavy atom. The predicted molar refractivity (Wildman–Crippen MR) is 46.7 cm³/mol. The second-order valence-electron chi connectivity index (χ2n) is 2.73. The summed E-state index contributed by atoms with van der Waals surface area (Å²) < 4.78 is 5.45.